The number of rotatable bonds is 3. The fourth-order valence-corrected chi connectivity index (χ4v) is 3.49. The van der Waals surface area contributed by atoms with Crippen molar-refractivity contribution in [3.05, 3.63) is 53.6 Å². The van der Waals surface area contributed by atoms with Crippen LogP contribution in [-0.2, 0) is 0 Å². The minimum Gasteiger partial charge on any atom is -0.472 e. The van der Waals surface area contributed by atoms with Gasteiger partial charge in [0.25, 0.3) is 11.8 Å². The number of piperazine rings is 1. The van der Waals surface area contributed by atoms with E-state index in [9.17, 15) is 9.59 Å². The normalized spacial score (nSPS) is 14.7. The van der Waals surface area contributed by atoms with Crippen LogP contribution in [-0.4, -0.2) is 52.8 Å². The Kier molecular flexibility index (Phi) is 4.10. The van der Waals surface area contributed by atoms with Crippen molar-refractivity contribution in [1.29, 1.82) is 0 Å². The molecule has 0 saturated carbocycles. The molecule has 0 unspecified atom stereocenters. The summed E-state index contributed by atoms with van der Waals surface area (Å²) in [4.78, 5) is 32.7. The highest BCUT2D eigenvalue weighted by molar-refractivity contribution is 7.13. The number of aromatic nitrogens is 1. The number of carbonyl (C=O) groups excluding carboxylic acids is 2. The van der Waals surface area contributed by atoms with E-state index in [0.717, 1.165) is 0 Å². The van der Waals surface area contributed by atoms with Gasteiger partial charge >= 0.3 is 0 Å². The van der Waals surface area contributed by atoms with Crippen LogP contribution in [0.4, 0.5) is 0 Å². The molecular formula is C17H15N3O4S. The quantitative estimate of drug-likeness (QED) is 0.720. The predicted molar refractivity (Wildman–Crippen MR) is 90.3 cm³/mol. The Labute approximate surface area is 147 Å². The summed E-state index contributed by atoms with van der Waals surface area (Å²) in [7, 11) is 0. The van der Waals surface area contributed by atoms with E-state index in [1.165, 1.54) is 23.9 Å². The van der Waals surface area contributed by atoms with Crippen LogP contribution in [0.15, 0.2) is 51.2 Å². The zero-order chi connectivity index (χ0) is 17.2. The molecular weight excluding hydrogens is 342 g/mol. The van der Waals surface area contributed by atoms with Gasteiger partial charge in [0.05, 0.1) is 18.1 Å². The molecule has 0 spiro atoms. The molecule has 1 aliphatic rings. The third kappa shape index (κ3) is 3.08. The Bertz CT molecular complexity index is 862. The van der Waals surface area contributed by atoms with Gasteiger partial charge in [-0.05, 0) is 18.2 Å². The first kappa shape index (κ1) is 15.6. The van der Waals surface area contributed by atoms with Crippen LogP contribution in [0.3, 0.4) is 0 Å². The van der Waals surface area contributed by atoms with E-state index >= 15 is 0 Å². The average molecular weight is 357 g/mol. The highest BCUT2D eigenvalue weighted by atomic mass is 32.1. The summed E-state index contributed by atoms with van der Waals surface area (Å²) in [5, 5.41) is 2.42. The van der Waals surface area contributed by atoms with Gasteiger partial charge in [0.1, 0.15) is 12.0 Å². The van der Waals surface area contributed by atoms with Crippen LogP contribution in [0, 0.1) is 0 Å². The molecule has 7 nitrogen and oxygen atoms in total. The number of nitrogens with zero attached hydrogens (tertiary/aromatic N) is 3. The van der Waals surface area contributed by atoms with Gasteiger partial charge in [-0.15, -0.1) is 11.3 Å². The van der Waals surface area contributed by atoms with E-state index in [0.29, 0.717) is 48.2 Å². The largest absolute Gasteiger partial charge is 0.472 e. The summed E-state index contributed by atoms with van der Waals surface area (Å²) in [6, 6.07) is 5.24. The number of hydrogen-bond acceptors (Lipinski definition) is 6. The number of carbonyl (C=O) groups is 2. The van der Waals surface area contributed by atoms with Crippen molar-refractivity contribution in [3.8, 4) is 10.8 Å². The van der Waals surface area contributed by atoms with Crippen molar-refractivity contribution in [2.75, 3.05) is 26.2 Å². The Balaban J connectivity index is 1.39. The minimum atomic E-state index is -0.121. The van der Waals surface area contributed by atoms with Crippen molar-refractivity contribution in [2.45, 2.75) is 0 Å². The molecule has 3 aromatic heterocycles. The summed E-state index contributed by atoms with van der Waals surface area (Å²) in [5.41, 5.74) is 0.938. The third-order valence-corrected chi connectivity index (χ3v) is 4.93. The Morgan fingerprint density at radius 2 is 1.80 bits per heavy atom. The molecule has 1 fully saturated rings. The van der Waals surface area contributed by atoms with Gasteiger partial charge < -0.3 is 18.6 Å². The smallest absolute Gasteiger partial charge is 0.273 e. The molecule has 0 bridgehead atoms. The SMILES string of the molecule is O=C(c1ccoc1)N1CCN(C(=O)c2csc(-c3ccco3)n2)CC1. The molecule has 2 amide bonds. The highest BCUT2D eigenvalue weighted by Crippen LogP contribution is 2.24. The van der Waals surface area contributed by atoms with Crippen LogP contribution in [0.25, 0.3) is 10.8 Å². The van der Waals surface area contributed by atoms with E-state index in [1.807, 2.05) is 6.07 Å². The van der Waals surface area contributed by atoms with Crippen LogP contribution in [0.2, 0.25) is 0 Å². The molecule has 1 aliphatic heterocycles. The lowest BCUT2D eigenvalue weighted by Crippen LogP contribution is -2.50. The molecule has 0 radical (unpaired) electrons. The maximum Gasteiger partial charge on any atom is 0.273 e. The van der Waals surface area contributed by atoms with Gasteiger partial charge in [0, 0.05) is 31.6 Å². The summed E-state index contributed by atoms with van der Waals surface area (Å²) < 4.78 is 10.3. The van der Waals surface area contributed by atoms with E-state index in [2.05, 4.69) is 4.98 Å². The Morgan fingerprint density at radius 3 is 2.44 bits per heavy atom. The Hall–Kier alpha value is -2.87. The fraction of sp³-hybridized carbons (Fsp3) is 0.235. The van der Waals surface area contributed by atoms with Gasteiger partial charge in [0.2, 0.25) is 0 Å². The number of hydrogen-bond donors (Lipinski definition) is 0. The van der Waals surface area contributed by atoms with Crippen molar-refractivity contribution >= 4 is 23.2 Å². The summed E-state index contributed by atoms with van der Waals surface area (Å²) in [6.07, 6.45) is 4.49. The number of thiazole rings is 1. The van der Waals surface area contributed by atoms with Gasteiger partial charge in [-0.1, -0.05) is 0 Å². The van der Waals surface area contributed by atoms with Crippen molar-refractivity contribution < 1.29 is 18.4 Å². The van der Waals surface area contributed by atoms with Crippen molar-refractivity contribution in [1.82, 2.24) is 14.8 Å². The molecule has 0 N–H and O–H groups in total. The molecule has 3 aromatic rings. The summed E-state index contributed by atoms with van der Waals surface area (Å²) >= 11 is 1.38. The second-order valence-electron chi connectivity index (χ2n) is 5.61. The first-order valence-electron chi connectivity index (χ1n) is 7.82. The fourth-order valence-electron chi connectivity index (χ4n) is 2.73. The third-order valence-electron chi connectivity index (χ3n) is 4.08. The molecule has 4 rings (SSSR count). The summed E-state index contributed by atoms with van der Waals surface area (Å²) in [5.74, 6) is 0.457. The zero-order valence-electron chi connectivity index (χ0n) is 13.3. The molecule has 4 heterocycles. The average Bonchev–Trinajstić information content (AvgIpc) is 3.42. The monoisotopic (exact) mass is 357 g/mol. The number of furan rings is 2. The molecule has 0 aromatic carbocycles. The summed E-state index contributed by atoms with van der Waals surface area (Å²) in [6.45, 7) is 1.95. The predicted octanol–water partition coefficient (Wildman–Crippen LogP) is 2.59. The second-order valence-corrected chi connectivity index (χ2v) is 6.47. The topological polar surface area (TPSA) is 79.8 Å². The van der Waals surface area contributed by atoms with Gasteiger partial charge in [-0.2, -0.15) is 0 Å². The van der Waals surface area contributed by atoms with Gasteiger partial charge in [-0.25, -0.2) is 4.98 Å². The van der Waals surface area contributed by atoms with Crippen LogP contribution >= 0.6 is 11.3 Å². The van der Waals surface area contributed by atoms with Gasteiger partial charge in [-0.3, -0.25) is 9.59 Å². The van der Waals surface area contributed by atoms with E-state index < -0.39 is 0 Å². The first-order valence-corrected chi connectivity index (χ1v) is 8.70. The first-order chi connectivity index (χ1) is 12.2. The maximum absolute atomic E-state index is 12.6. The van der Waals surface area contributed by atoms with Crippen molar-refractivity contribution in [2.24, 2.45) is 0 Å². The minimum absolute atomic E-state index is 0.0744. The lowest BCUT2D eigenvalue weighted by Gasteiger charge is -2.34. The molecule has 0 aliphatic carbocycles. The van der Waals surface area contributed by atoms with E-state index in [4.69, 9.17) is 8.83 Å². The second kappa shape index (κ2) is 6.56. The van der Waals surface area contributed by atoms with Gasteiger partial charge in [0.15, 0.2) is 10.8 Å². The lowest BCUT2D eigenvalue weighted by atomic mass is 10.2. The molecule has 8 heteroatoms. The number of amides is 2. The van der Waals surface area contributed by atoms with Crippen LogP contribution in [0.5, 0.6) is 0 Å². The van der Waals surface area contributed by atoms with Crippen LogP contribution < -0.4 is 0 Å². The maximum atomic E-state index is 12.6. The van der Waals surface area contributed by atoms with E-state index in [1.54, 1.807) is 33.6 Å². The highest BCUT2D eigenvalue weighted by Gasteiger charge is 2.27. The standard InChI is InChI=1S/C17H15N3O4S/c21-16(12-3-9-23-10-12)19-4-6-20(7-5-19)17(22)13-11-25-15(18-13)14-2-1-8-24-14/h1-3,8-11H,4-7H2. The molecule has 1 saturated heterocycles. The zero-order valence-corrected chi connectivity index (χ0v) is 14.1. The van der Waals surface area contributed by atoms with Crippen LogP contribution in [0.1, 0.15) is 20.8 Å². The molecule has 0 atom stereocenters. The molecule has 128 valence electrons. The van der Waals surface area contributed by atoms with Crippen molar-refractivity contribution in [3.63, 3.8) is 0 Å². The molecule has 25 heavy (non-hydrogen) atoms. The van der Waals surface area contributed by atoms with E-state index in [-0.39, 0.29) is 11.8 Å². The lowest BCUT2D eigenvalue weighted by molar-refractivity contribution is 0.0532. The Morgan fingerprint density at radius 1 is 1.04 bits per heavy atom.